The van der Waals surface area contributed by atoms with E-state index in [1.807, 2.05) is 12.2 Å². The lowest BCUT2D eigenvalue weighted by molar-refractivity contribution is -0.123. The molecule has 2 amide bonds. The van der Waals surface area contributed by atoms with Crippen LogP contribution in [0.15, 0.2) is 91.0 Å². The van der Waals surface area contributed by atoms with E-state index in [0.29, 0.717) is 11.4 Å². The second-order valence-electron chi connectivity index (χ2n) is 9.15. The summed E-state index contributed by atoms with van der Waals surface area (Å²) in [6.45, 7) is 0. The zero-order valence-corrected chi connectivity index (χ0v) is 19.1. The highest BCUT2D eigenvalue weighted by Crippen LogP contribution is 2.53. The summed E-state index contributed by atoms with van der Waals surface area (Å²) in [4.78, 5) is 52.8. The van der Waals surface area contributed by atoms with Crippen molar-refractivity contribution in [3.63, 3.8) is 0 Å². The SMILES string of the molecule is O=C(Oc1ccccc1C(=O)Oc1ccccc1)c1ccc(N2C(=O)[C@@H]3[C@H](C2=O)[C@H]2C=C[C@@H]3C2)cc1. The van der Waals surface area contributed by atoms with Crippen molar-refractivity contribution in [3.8, 4) is 11.5 Å². The van der Waals surface area contributed by atoms with E-state index < -0.39 is 11.9 Å². The van der Waals surface area contributed by atoms with Crippen molar-refractivity contribution in [3.05, 3.63) is 102 Å². The Balaban J connectivity index is 1.17. The number of ether oxygens (including phenoxy) is 2. The van der Waals surface area contributed by atoms with Crippen molar-refractivity contribution in [2.24, 2.45) is 23.7 Å². The molecule has 1 saturated heterocycles. The molecule has 6 rings (SSSR count). The number of allylic oxidation sites excluding steroid dienone is 2. The van der Waals surface area contributed by atoms with Crippen LogP contribution in [0, 0.1) is 23.7 Å². The molecule has 7 nitrogen and oxygen atoms in total. The zero-order valence-electron chi connectivity index (χ0n) is 19.1. The van der Waals surface area contributed by atoms with Gasteiger partial charge in [0.15, 0.2) is 0 Å². The van der Waals surface area contributed by atoms with Gasteiger partial charge >= 0.3 is 11.9 Å². The number of para-hydroxylation sites is 2. The van der Waals surface area contributed by atoms with Crippen LogP contribution in [0.5, 0.6) is 11.5 Å². The Kier molecular flexibility index (Phi) is 5.25. The van der Waals surface area contributed by atoms with Gasteiger partial charge in [-0.15, -0.1) is 0 Å². The topological polar surface area (TPSA) is 90.0 Å². The molecule has 0 N–H and O–H groups in total. The predicted octanol–water partition coefficient (Wildman–Crippen LogP) is 4.44. The molecule has 2 fully saturated rings. The van der Waals surface area contributed by atoms with Gasteiger partial charge < -0.3 is 9.47 Å². The van der Waals surface area contributed by atoms with E-state index in [0.717, 1.165) is 6.42 Å². The second-order valence-corrected chi connectivity index (χ2v) is 9.15. The van der Waals surface area contributed by atoms with Crippen molar-refractivity contribution >= 4 is 29.4 Å². The summed E-state index contributed by atoms with van der Waals surface area (Å²) in [5.74, 6) is -1.57. The third-order valence-corrected chi connectivity index (χ3v) is 7.09. The van der Waals surface area contributed by atoms with Gasteiger partial charge in [-0.05, 0) is 66.8 Å². The Morgan fingerprint density at radius 1 is 0.694 bits per heavy atom. The van der Waals surface area contributed by atoms with E-state index >= 15 is 0 Å². The maximum atomic E-state index is 13.0. The summed E-state index contributed by atoms with van der Waals surface area (Å²) in [5, 5.41) is 0. The summed E-state index contributed by atoms with van der Waals surface area (Å²) in [5.41, 5.74) is 0.752. The van der Waals surface area contributed by atoms with E-state index in [9.17, 15) is 19.2 Å². The van der Waals surface area contributed by atoms with Gasteiger partial charge in [-0.2, -0.15) is 0 Å². The predicted molar refractivity (Wildman–Crippen MR) is 129 cm³/mol. The number of carbonyl (C=O) groups is 4. The van der Waals surface area contributed by atoms with Crippen LogP contribution in [-0.2, 0) is 9.59 Å². The molecule has 7 heteroatoms. The Morgan fingerprint density at radius 2 is 1.31 bits per heavy atom. The van der Waals surface area contributed by atoms with E-state index in [4.69, 9.17) is 9.47 Å². The molecule has 1 saturated carbocycles. The number of carbonyl (C=O) groups excluding carboxylic acids is 4. The Morgan fingerprint density at radius 3 is 1.97 bits per heavy atom. The zero-order chi connectivity index (χ0) is 24.8. The molecule has 2 bridgehead atoms. The molecule has 0 unspecified atom stereocenters. The first-order chi connectivity index (χ1) is 17.5. The average Bonchev–Trinajstić information content (AvgIpc) is 3.58. The fraction of sp³-hybridized carbons (Fsp3) is 0.172. The van der Waals surface area contributed by atoms with Crippen molar-refractivity contribution in [1.29, 1.82) is 0 Å². The number of imide groups is 1. The third-order valence-electron chi connectivity index (χ3n) is 7.09. The molecule has 3 aromatic rings. The van der Waals surface area contributed by atoms with Crippen LogP contribution in [0.4, 0.5) is 5.69 Å². The highest BCUT2D eigenvalue weighted by molar-refractivity contribution is 6.22. The Hall–Kier alpha value is -4.52. The quantitative estimate of drug-likeness (QED) is 0.233. The van der Waals surface area contributed by atoms with Gasteiger partial charge in [0, 0.05) is 0 Å². The normalized spacial score (nSPS) is 23.6. The number of fused-ring (bicyclic) bond motifs is 5. The lowest BCUT2D eigenvalue weighted by atomic mass is 9.85. The highest BCUT2D eigenvalue weighted by atomic mass is 16.5. The summed E-state index contributed by atoms with van der Waals surface area (Å²) < 4.78 is 10.9. The number of anilines is 1. The molecule has 178 valence electrons. The highest BCUT2D eigenvalue weighted by Gasteiger charge is 2.59. The number of hydrogen-bond acceptors (Lipinski definition) is 6. The van der Waals surface area contributed by atoms with Crippen LogP contribution in [-0.4, -0.2) is 23.8 Å². The van der Waals surface area contributed by atoms with Crippen LogP contribution in [0.2, 0.25) is 0 Å². The fourth-order valence-electron chi connectivity index (χ4n) is 5.44. The maximum Gasteiger partial charge on any atom is 0.347 e. The first-order valence-electron chi connectivity index (χ1n) is 11.8. The number of benzene rings is 3. The minimum atomic E-state index is -0.681. The van der Waals surface area contributed by atoms with Crippen molar-refractivity contribution in [1.82, 2.24) is 0 Å². The Bertz CT molecular complexity index is 1380. The molecule has 3 aromatic carbocycles. The van der Waals surface area contributed by atoms with Crippen LogP contribution in [0.1, 0.15) is 27.1 Å². The van der Waals surface area contributed by atoms with Crippen LogP contribution >= 0.6 is 0 Å². The van der Waals surface area contributed by atoms with E-state index in [-0.39, 0.29) is 52.4 Å². The first-order valence-corrected chi connectivity index (χ1v) is 11.8. The van der Waals surface area contributed by atoms with Gasteiger partial charge in [-0.1, -0.05) is 42.5 Å². The third kappa shape index (κ3) is 3.60. The first kappa shape index (κ1) is 22.0. The molecule has 1 heterocycles. The standard InChI is InChI=1S/C29H21NO6/c31-26-24-18-10-11-19(16-18)25(24)27(32)30(26)20-14-12-17(13-15-20)28(33)36-23-9-5-4-8-22(23)29(34)35-21-6-2-1-3-7-21/h1-15,18-19,24-25H,16H2/t18-,19+,24+,25-. The average molecular weight is 479 g/mol. The number of esters is 2. The van der Waals surface area contributed by atoms with Gasteiger partial charge in [0.05, 0.1) is 23.1 Å². The molecule has 0 radical (unpaired) electrons. The van der Waals surface area contributed by atoms with E-state index in [2.05, 4.69) is 0 Å². The minimum absolute atomic E-state index is 0.0632. The lowest BCUT2D eigenvalue weighted by Crippen LogP contribution is -2.32. The van der Waals surface area contributed by atoms with Gasteiger partial charge in [-0.3, -0.25) is 14.5 Å². The van der Waals surface area contributed by atoms with Gasteiger partial charge in [0.25, 0.3) is 0 Å². The monoisotopic (exact) mass is 479 g/mol. The summed E-state index contributed by atoms with van der Waals surface area (Å²) >= 11 is 0. The molecule has 0 spiro atoms. The van der Waals surface area contributed by atoms with Crippen molar-refractivity contribution in [2.45, 2.75) is 6.42 Å². The molecule has 4 atom stereocenters. The van der Waals surface area contributed by atoms with Crippen LogP contribution < -0.4 is 14.4 Å². The summed E-state index contributed by atoms with van der Waals surface area (Å²) in [6.07, 6.45) is 4.96. The smallest absolute Gasteiger partial charge is 0.347 e. The maximum absolute atomic E-state index is 13.0. The van der Waals surface area contributed by atoms with Gasteiger partial charge in [-0.25, -0.2) is 9.59 Å². The summed E-state index contributed by atoms with van der Waals surface area (Å²) in [7, 11) is 0. The van der Waals surface area contributed by atoms with Crippen molar-refractivity contribution < 1.29 is 28.7 Å². The van der Waals surface area contributed by atoms with E-state index in [1.165, 1.54) is 29.2 Å². The molecular formula is C29H21NO6. The largest absolute Gasteiger partial charge is 0.423 e. The molecular weight excluding hydrogens is 458 g/mol. The molecule has 2 aliphatic carbocycles. The van der Waals surface area contributed by atoms with Crippen LogP contribution in [0.3, 0.4) is 0 Å². The van der Waals surface area contributed by atoms with Crippen molar-refractivity contribution in [2.75, 3.05) is 4.90 Å². The second kappa shape index (κ2) is 8.61. The molecule has 0 aromatic heterocycles. The molecule has 36 heavy (non-hydrogen) atoms. The number of hydrogen-bond donors (Lipinski definition) is 0. The number of amides is 2. The minimum Gasteiger partial charge on any atom is -0.423 e. The van der Waals surface area contributed by atoms with E-state index in [1.54, 1.807) is 54.6 Å². The fourth-order valence-corrected chi connectivity index (χ4v) is 5.44. The van der Waals surface area contributed by atoms with Gasteiger partial charge in [0.1, 0.15) is 17.1 Å². The molecule has 3 aliphatic rings. The summed E-state index contributed by atoms with van der Waals surface area (Å²) in [6, 6.07) is 21.1. The van der Waals surface area contributed by atoms with Gasteiger partial charge in [0.2, 0.25) is 11.8 Å². The number of rotatable bonds is 5. The lowest BCUT2D eigenvalue weighted by Gasteiger charge is -2.17. The Labute approximate surface area is 206 Å². The number of nitrogens with zero attached hydrogens (tertiary/aromatic N) is 1. The van der Waals surface area contributed by atoms with Crippen LogP contribution in [0.25, 0.3) is 0 Å². The molecule has 1 aliphatic heterocycles.